The Morgan fingerprint density at radius 2 is 2.18 bits per heavy atom. The van der Waals surface area contributed by atoms with Crippen LogP contribution in [0.3, 0.4) is 0 Å². The minimum absolute atomic E-state index is 0.111. The van der Waals surface area contributed by atoms with E-state index >= 15 is 0 Å². The van der Waals surface area contributed by atoms with Gasteiger partial charge in [-0.2, -0.15) is 0 Å². The van der Waals surface area contributed by atoms with Crippen LogP contribution in [0.25, 0.3) is 5.69 Å². The molecule has 0 bridgehead atoms. The van der Waals surface area contributed by atoms with Gasteiger partial charge in [0.05, 0.1) is 5.69 Å². The predicted octanol–water partition coefficient (Wildman–Crippen LogP) is 1.61. The van der Waals surface area contributed by atoms with Crippen LogP contribution in [-0.2, 0) is 11.2 Å². The minimum Gasteiger partial charge on any atom is -0.312 e. The number of hydrogen-bond donors (Lipinski definition) is 1. The molecule has 0 aliphatic carbocycles. The van der Waals surface area contributed by atoms with Gasteiger partial charge in [0, 0.05) is 18.3 Å². The Morgan fingerprint density at radius 1 is 1.41 bits per heavy atom. The van der Waals surface area contributed by atoms with Crippen LogP contribution in [-0.4, -0.2) is 15.3 Å². The summed E-state index contributed by atoms with van der Waals surface area (Å²) in [5.74, 6) is 0.111. The van der Waals surface area contributed by atoms with E-state index in [1.165, 1.54) is 0 Å². The number of ketones is 1. The third-order valence-electron chi connectivity index (χ3n) is 2.58. The molecule has 0 amide bonds. The number of aryl methyl sites for hydroxylation is 1. The molecule has 4 nitrogen and oxygen atoms in total. The summed E-state index contributed by atoms with van der Waals surface area (Å²) in [6, 6.07) is 7.46. The highest BCUT2D eigenvalue weighted by Crippen LogP contribution is 2.11. The van der Waals surface area contributed by atoms with Crippen molar-refractivity contribution in [2.45, 2.75) is 20.3 Å². The molecule has 2 rings (SSSR count). The molecular formula is C13H14N2O2. The van der Waals surface area contributed by atoms with Crippen molar-refractivity contribution in [3.8, 4) is 5.69 Å². The van der Waals surface area contributed by atoms with Gasteiger partial charge in [0.2, 0.25) is 0 Å². The monoisotopic (exact) mass is 230 g/mol. The lowest BCUT2D eigenvalue weighted by molar-refractivity contribution is -0.116. The van der Waals surface area contributed by atoms with Crippen molar-refractivity contribution < 1.29 is 4.79 Å². The van der Waals surface area contributed by atoms with Gasteiger partial charge in [-0.25, -0.2) is 4.79 Å². The van der Waals surface area contributed by atoms with Crippen LogP contribution in [0, 0.1) is 6.92 Å². The molecule has 1 heterocycles. The van der Waals surface area contributed by atoms with Crippen molar-refractivity contribution >= 4 is 5.78 Å². The fraction of sp³-hybridized carbons (Fsp3) is 0.231. The molecule has 4 heteroatoms. The molecule has 0 fully saturated rings. The SMILES string of the molecule is CC(=O)Cc1cccc(-n2c(C)c[nH]c2=O)c1. The summed E-state index contributed by atoms with van der Waals surface area (Å²) >= 11 is 0. The van der Waals surface area contributed by atoms with E-state index in [9.17, 15) is 9.59 Å². The Hall–Kier alpha value is -2.10. The third kappa shape index (κ3) is 2.36. The molecule has 0 unspecified atom stereocenters. The molecule has 0 saturated carbocycles. The van der Waals surface area contributed by atoms with E-state index in [-0.39, 0.29) is 11.5 Å². The number of Topliss-reactive ketones (excluding diaryl/α,β-unsaturated/α-hetero) is 1. The minimum atomic E-state index is -0.164. The van der Waals surface area contributed by atoms with Gasteiger partial charge in [0.15, 0.2) is 0 Å². The lowest BCUT2D eigenvalue weighted by Crippen LogP contribution is -2.16. The molecule has 0 saturated heterocycles. The Kier molecular flexibility index (Phi) is 2.95. The van der Waals surface area contributed by atoms with Gasteiger partial charge in [-0.05, 0) is 31.5 Å². The molecule has 0 aliphatic heterocycles. The zero-order chi connectivity index (χ0) is 12.4. The Bertz CT molecular complexity index is 608. The molecule has 17 heavy (non-hydrogen) atoms. The summed E-state index contributed by atoms with van der Waals surface area (Å²) < 4.78 is 1.59. The largest absolute Gasteiger partial charge is 0.330 e. The van der Waals surface area contributed by atoms with Crippen LogP contribution in [0.1, 0.15) is 18.2 Å². The molecule has 88 valence electrons. The first-order valence-electron chi connectivity index (χ1n) is 5.43. The molecule has 1 N–H and O–H groups in total. The van der Waals surface area contributed by atoms with Gasteiger partial charge >= 0.3 is 5.69 Å². The Labute approximate surface area is 98.9 Å². The molecule has 0 aliphatic rings. The number of H-pyrrole nitrogens is 1. The number of hydrogen-bond acceptors (Lipinski definition) is 2. The average molecular weight is 230 g/mol. The molecule has 1 aromatic heterocycles. The molecule has 0 radical (unpaired) electrons. The standard InChI is InChI=1S/C13H14N2O2/c1-9-8-14-13(17)15(9)12-5-3-4-11(7-12)6-10(2)16/h3-5,7-8H,6H2,1-2H3,(H,14,17). The number of benzene rings is 1. The smallest absolute Gasteiger partial charge is 0.312 e. The molecule has 1 aromatic carbocycles. The van der Waals surface area contributed by atoms with Crippen molar-refractivity contribution in [2.24, 2.45) is 0 Å². The van der Waals surface area contributed by atoms with Gasteiger partial charge in [-0.3, -0.25) is 9.36 Å². The zero-order valence-electron chi connectivity index (χ0n) is 9.86. The van der Waals surface area contributed by atoms with Crippen LogP contribution in [0.2, 0.25) is 0 Å². The van der Waals surface area contributed by atoms with Crippen molar-refractivity contribution in [1.82, 2.24) is 9.55 Å². The van der Waals surface area contributed by atoms with Crippen LogP contribution in [0.4, 0.5) is 0 Å². The average Bonchev–Trinajstić information content (AvgIpc) is 2.58. The second kappa shape index (κ2) is 4.41. The number of carbonyl (C=O) groups is 1. The number of rotatable bonds is 3. The van der Waals surface area contributed by atoms with Gasteiger partial charge < -0.3 is 4.98 Å². The zero-order valence-corrected chi connectivity index (χ0v) is 9.86. The first kappa shape index (κ1) is 11.4. The summed E-state index contributed by atoms with van der Waals surface area (Å²) in [7, 11) is 0. The Balaban J connectivity index is 2.47. The van der Waals surface area contributed by atoms with Gasteiger partial charge in [0.1, 0.15) is 5.78 Å². The normalized spacial score (nSPS) is 10.5. The van der Waals surface area contributed by atoms with E-state index < -0.39 is 0 Å². The van der Waals surface area contributed by atoms with Crippen molar-refractivity contribution in [3.05, 3.63) is 52.2 Å². The number of nitrogens with zero attached hydrogens (tertiary/aromatic N) is 1. The first-order valence-corrected chi connectivity index (χ1v) is 5.43. The van der Waals surface area contributed by atoms with E-state index in [4.69, 9.17) is 0 Å². The maximum atomic E-state index is 11.6. The highest BCUT2D eigenvalue weighted by molar-refractivity contribution is 5.78. The fourth-order valence-electron chi connectivity index (χ4n) is 1.87. The van der Waals surface area contributed by atoms with E-state index in [0.717, 1.165) is 16.9 Å². The lowest BCUT2D eigenvalue weighted by atomic mass is 10.1. The van der Waals surface area contributed by atoms with Gasteiger partial charge in [-0.15, -0.1) is 0 Å². The van der Waals surface area contributed by atoms with Gasteiger partial charge in [-0.1, -0.05) is 12.1 Å². The van der Waals surface area contributed by atoms with Crippen LogP contribution in [0.5, 0.6) is 0 Å². The van der Waals surface area contributed by atoms with Crippen molar-refractivity contribution in [3.63, 3.8) is 0 Å². The summed E-state index contributed by atoms with van der Waals surface area (Å²) in [6.45, 7) is 3.41. The molecule has 2 aromatic rings. The summed E-state index contributed by atoms with van der Waals surface area (Å²) in [5.41, 5.74) is 2.38. The number of aromatic amines is 1. The third-order valence-corrected chi connectivity index (χ3v) is 2.58. The number of aromatic nitrogens is 2. The molecular weight excluding hydrogens is 216 g/mol. The van der Waals surface area contributed by atoms with Gasteiger partial charge in [0.25, 0.3) is 0 Å². The van der Waals surface area contributed by atoms with E-state index in [0.29, 0.717) is 6.42 Å². The lowest BCUT2D eigenvalue weighted by Gasteiger charge is -2.06. The summed E-state index contributed by atoms with van der Waals surface area (Å²) in [6.07, 6.45) is 2.06. The number of carbonyl (C=O) groups excluding carboxylic acids is 1. The maximum absolute atomic E-state index is 11.6. The highest BCUT2D eigenvalue weighted by atomic mass is 16.1. The highest BCUT2D eigenvalue weighted by Gasteiger charge is 2.06. The molecule has 0 spiro atoms. The predicted molar refractivity (Wildman–Crippen MR) is 65.5 cm³/mol. The molecule has 0 atom stereocenters. The maximum Gasteiger partial charge on any atom is 0.330 e. The van der Waals surface area contributed by atoms with E-state index in [1.54, 1.807) is 17.7 Å². The summed E-state index contributed by atoms with van der Waals surface area (Å²) in [5, 5.41) is 0. The van der Waals surface area contributed by atoms with E-state index in [1.807, 2.05) is 31.2 Å². The Morgan fingerprint density at radius 3 is 2.76 bits per heavy atom. The van der Waals surface area contributed by atoms with Crippen LogP contribution < -0.4 is 5.69 Å². The first-order chi connectivity index (χ1) is 8.08. The number of nitrogens with one attached hydrogen (secondary N) is 1. The van der Waals surface area contributed by atoms with Crippen molar-refractivity contribution in [1.29, 1.82) is 0 Å². The number of imidazole rings is 1. The fourth-order valence-corrected chi connectivity index (χ4v) is 1.87. The summed E-state index contributed by atoms with van der Waals surface area (Å²) in [4.78, 5) is 25.3. The van der Waals surface area contributed by atoms with Crippen LogP contribution >= 0.6 is 0 Å². The quantitative estimate of drug-likeness (QED) is 0.870. The second-order valence-corrected chi connectivity index (χ2v) is 4.12. The van der Waals surface area contributed by atoms with Crippen molar-refractivity contribution in [2.75, 3.05) is 0 Å². The topological polar surface area (TPSA) is 54.9 Å². The second-order valence-electron chi connectivity index (χ2n) is 4.12. The van der Waals surface area contributed by atoms with Crippen LogP contribution in [0.15, 0.2) is 35.3 Å². The van der Waals surface area contributed by atoms with E-state index in [2.05, 4.69) is 4.98 Å².